The van der Waals surface area contributed by atoms with Gasteiger partial charge in [0.1, 0.15) is 0 Å². The predicted molar refractivity (Wildman–Crippen MR) is 180 cm³/mol. The van der Waals surface area contributed by atoms with E-state index in [9.17, 15) is 0 Å². The summed E-state index contributed by atoms with van der Waals surface area (Å²) in [4.78, 5) is 17.0. The SMILES string of the molecule is C1=CN(c2nc(-c3ccccc3)nc(-c3ccccc3)n2)c2cccc3c2c1cc1c2ccccc2n(-c2ccccc2)c31. The molecule has 5 heteroatoms. The molecule has 9 rings (SSSR count). The van der Waals surface area contributed by atoms with Crippen molar-refractivity contribution < 1.29 is 0 Å². The van der Waals surface area contributed by atoms with Crippen LogP contribution in [-0.2, 0) is 0 Å². The van der Waals surface area contributed by atoms with Crippen LogP contribution in [0, 0.1) is 0 Å². The standard InChI is InChI=1S/C39H25N5/c1-4-13-26(14-5-1)37-40-38(27-15-6-2-7-16-27)42-39(41-37)43-24-23-28-25-32-30-19-10-11-21-33(30)44(29-17-8-3-9-18-29)36(32)31-20-12-22-34(43)35(28)31/h1-25H. The first-order chi connectivity index (χ1) is 21.8. The molecule has 1 aliphatic heterocycles. The highest BCUT2D eigenvalue weighted by atomic mass is 15.3. The van der Waals surface area contributed by atoms with E-state index in [0.717, 1.165) is 22.5 Å². The summed E-state index contributed by atoms with van der Waals surface area (Å²) in [6.45, 7) is 0. The Balaban J connectivity index is 1.31. The summed E-state index contributed by atoms with van der Waals surface area (Å²) >= 11 is 0. The Morgan fingerprint density at radius 3 is 1.82 bits per heavy atom. The monoisotopic (exact) mass is 563 g/mol. The van der Waals surface area contributed by atoms with Crippen molar-refractivity contribution in [3.05, 3.63) is 151 Å². The van der Waals surface area contributed by atoms with Crippen molar-refractivity contribution in [3.63, 3.8) is 0 Å². The number of fused-ring (bicyclic) bond motifs is 4. The molecular weight excluding hydrogens is 538 g/mol. The van der Waals surface area contributed by atoms with Crippen LogP contribution in [0.2, 0.25) is 0 Å². The Hall–Kier alpha value is -6.07. The number of benzene rings is 6. The van der Waals surface area contributed by atoms with Gasteiger partial charge in [0.15, 0.2) is 11.6 Å². The molecule has 0 N–H and O–H groups in total. The highest BCUT2D eigenvalue weighted by molar-refractivity contribution is 6.23. The van der Waals surface area contributed by atoms with Crippen molar-refractivity contribution in [2.75, 3.05) is 4.90 Å². The van der Waals surface area contributed by atoms with E-state index < -0.39 is 0 Å². The molecule has 0 amide bonds. The fourth-order valence-corrected chi connectivity index (χ4v) is 6.44. The topological polar surface area (TPSA) is 46.8 Å². The molecule has 0 bridgehead atoms. The van der Waals surface area contributed by atoms with Crippen LogP contribution in [-0.4, -0.2) is 19.5 Å². The maximum Gasteiger partial charge on any atom is 0.238 e. The van der Waals surface area contributed by atoms with E-state index in [1.165, 1.54) is 38.1 Å². The van der Waals surface area contributed by atoms with Crippen molar-refractivity contribution in [1.29, 1.82) is 0 Å². The zero-order chi connectivity index (χ0) is 29.0. The lowest BCUT2D eigenvalue weighted by Crippen LogP contribution is -2.16. The maximum absolute atomic E-state index is 5.02. The number of nitrogens with zero attached hydrogens (tertiary/aromatic N) is 5. The van der Waals surface area contributed by atoms with Gasteiger partial charge in [0.25, 0.3) is 0 Å². The molecule has 0 spiro atoms. The van der Waals surface area contributed by atoms with Crippen LogP contribution in [0.3, 0.4) is 0 Å². The van der Waals surface area contributed by atoms with Gasteiger partial charge in [-0.25, -0.2) is 4.98 Å². The number of aromatic nitrogens is 4. The molecule has 0 aliphatic carbocycles. The summed E-state index contributed by atoms with van der Waals surface area (Å²) < 4.78 is 2.39. The molecule has 0 radical (unpaired) electrons. The lowest BCUT2D eigenvalue weighted by Gasteiger charge is -2.26. The summed E-state index contributed by atoms with van der Waals surface area (Å²) in [7, 11) is 0. The molecular formula is C39H25N5. The lowest BCUT2D eigenvalue weighted by molar-refractivity contribution is 1.02. The minimum absolute atomic E-state index is 0.579. The number of rotatable bonds is 4. The molecule has 0 unspecified atom stereocenters. The third kappa shape index (κ3) is 3.76. The third-order valence-corrected chi connectivity index (χ3v) is 8.38. The van der Waals surface area contributed by atoms with E-state index in [-0.39, 0.29) is 0 Å². The van der Waals surface area contributed by atoms with Gasteiger partial charge in [-0.05, 0) is 42.0 Å². The average molecular weight is 564 g/mol. The lowest BCUT2D eigenvalue weighted by atomic mass is 9.96. The summed E-state index contributed by atoms with van der Waals surface area (Å²) in [5.74, 6) is 1.86. The van der Waals surface area contributed by atoms with Gasteiger partial charge in [-0.3, -0.25) is 4.90 Å². The molecule has 6 aromatic carbocycles. The smallest absolute Gasteiger partial charge is 0.238 e. The minimum Gasteiger partial charge on any atom is -0.309 e. The van der Waals surface area contributed by atoms with Gasteiger partial charge in [0.2, 0.25) is 5.95 Å². The molecule has 3 heterocycles. The molecule has 0 saturated heterocycles. The first-order valence-electron chi connectivity index (χ1n) is 14.7. The maximum atomic E-state index is 5.02. The fourth-order valence-electron chi connectivity index (χ4n) is 6.44. The minimum atomic E-state index is 0.579. The van der Waals surface area contributed by atoms with Crippen molar-refractivity contribution >= 4 is 50.3 Å². The molecule has 5 nitrogen and oxygen atoms in total. The highest BCUT2D eigenvalue weighted by Crippen LogP contribution is 2.44. The number of para-hydroxylation sites is 2. The molecule has 2 aromatic heterocycles. The molecule has 0 saturated carbocycles. The number of hydrogen-bond donors (Lipinski definition) is 0. The predicted octanol–water partition coefficient (Wildman–Crippen LogP) is 9.58. The van der Waals surface area contributed by atoms with E-state index in [1.807, 2.05) is 60.7 Å². The van der Waals surface area contributed by atoms with E-state index >= 15 is 0 Å². The largest absolute Gasteiger partial charge is 0.309 e. The Bertz CT molecular complexity index is 2320. The summed E-state index contributed by atoms with van der Waals surface area (Å²) in [6, 6.07) is 48.3. The summed E-state index contributed by atoms with van der Waals surface area (Å²) in [5.41, 5.74) is 7.63. The van der Waals surface area contributed by atoms with E-state index in [1.54, 1.807) is 0 Å². The summed E-state index contributed by atoms with van der Waals surface area (Å²) in [6.07, 6.45) is 4.26. The normalized spacial score (nSPS) is 12.4. The first kappa shape index (κ1) is 24.5. The van der Waals surface area contributed by atoms with Gasteiger partial charge in [-0.15, -0.1) is 0 Å². The number of anilines is 2. The van der Waals surface area contributed by atoms with Crippen molar-refractivity contribution in [3.8, 4) is 28.5 Å². The van der Waals surface area contributed by atoms with Crippen molar-refractivity contribution in [2.45, 2.75) is 0 Å². The Morgan fingerprint density at radius 2 is 1.11 bits per heavy atom. The van der Waals surface area contributed by atoms with Gasteiger partial charge >= 0.3 is 0 Å². The van der Waals surface area contributed by atoms with Crippen LogP contribution >= 0.6 is 0 Å². The van der Waals surface area contributed by atoms with E-state index in [0.29, 0.717) is 17.6 Å². The summed E-state index contributed by atoms with van der Waals surface area (Å²) in [5, 5.41) is 4.83. The van der Waals surface area contributed by atoms with Crippen LogP contribution in [0.1, 0.15) is 5.56 Å². The molecule has 0 fully saturated rings. The van der Waals surface area contributed by atoms with E-state index in [2.05, 4.69) is 101 Å². The van der Waals surface area contributed by atoms with Gasteiger partial charge < -0.3 is 4.57 Å². The zero-order valence-corrected chi connectivity index (χ0v) is 23.7. The van der Waals surface area contributed by atoms with Gasteiger partial charge in [-0.1, -0.05) is 109 Å². The Labute approximate surface area is 254 Å². The average Bonchev–Trinajstić information content (AvgIpc) is 3.44. The zero-order valence-electron chi connectivity index (χ0n) is 23.7. The van der Waals surface area contributed by atoms with E-state index in [4.69, 9.17) is 15.0 Å². The highest BCUT2D eigenvalue weighted by Gasteiger charge is 2.24. The van der Waals surface area contributed by atoms with Gasteiger partial charge in [-0.2, -0.15) is 9.97 Å². The molecule has 206 valence electrons. The quantitative estimate of drug-likeness (QED) is 0.214. The molecule has 1 aliphatic rings. The van der Waals surface area contributed by atoms with Crippen LogP contribution in [0.5, 0.6) is 0 Å². The van der Waals surface area contributed by atoms with Crippen molar-refractivity contribution in [1.82, 2.24) is 19.5 Å². The third-order valence-electron chi connectivity index (χ3n) is 8.38. The van der Waals surface area contributed by atoms with Crippen LogP contribution < -0.4 is 4.90 Å². The van der Waals surface area contributed by atoms with Gasteiger partial charge in [0.05, 0.1) is 16.7 Å². The Kier molecular flexibility index (Phi) is 5.43. The number of hydrogen-bond acceptors (Lipinski definition) is 4. The second-order valence-electron chi connectivity index (χ2n) is 11.0. The molecule has 0 atom stereocenters. The van der Waals surface area contributed by atoms with Crippen LogP contribution in [0.25, 0.3) is 67.1 Å². The second-order valence-corrected chi connectivity index (χ2v) is 11.0. The van der Waals surface area contributed by atoms with Crippen LogP contribution in [0.4, 0.5) is 11.6 Å². The second kappa shape index (κ2) is 9.75. The first-order valence-corrected chi connectivity index (χ1v) is 14.7. The molecule has 44 heavy (non-hydrogen) atoms. The fraction of sp³-hybridized carbons (Fsp3) is 0. The van der Waals surface area contributed by atoms with Gasteiger partial charge in [0, 0.05) is 44.6 Å². The van der Waals surface area contributed by atoms with Crippen LogP contribution in [0.15, 0.2) is 146 Å². The van der Waals surface area contributed by atoms with Crippen molar-refractivity contribution in [2.24, 2.45) is 0 Å². The molecule has 8 aromatic rings. The Morgan fingerprint density at radius 1 is 0.500 bits per heavy atom.